The molecule has 1 saturated carbocycles. The summed E-state index contributed by atoms with van der Waals surface area (Å²) in [6.45, 7) is 6.04. The lowest BCUT2D eigenvalue weighted by molar-refractivity contribution is -0.00645. The van der Waals surface area contributed by atoms with Crippen molar-refractivity contribution in [2.24, 2.45) is 5.92 Å². The van der Waals surface area contributed by atoms with Gasteiger partial charge in [-0.2, -0.15) is 0 Å². The third-order valence-electron chi connectivity index (χ3n) is 6.82. The highest BCUT2D eigenvalue weighted by molar-refractivity contribution is 7.50. The summed E-state index contributed by atoms with van der Waals surface area (Å²) in [5.74, 6) is 2.38. The zero-order valence-electron chi connectivity index (χ0n) is 18.8. The van der Waals surface area contributed by atoms with Gasteiger partial charge in [0.15, 0.2) is 19.9 Å². The van der Waals surface area contributed by atoms with Crippen molar-refractivity contribution in [3.8, 4) is 17.2 Å². The molecule has 4 aromatic rings. The predicted molar refractivity (Wildman–Crippen MR) is 139 cm³/mol. The first-order valence-corrected chi connectivity index (χ1v) is 12.7. The molecule has 3 heteroatoms. The van der Waals surface area contributed by atoms with E-state index >= 15 is 0 Å². The van der Waals surface area contributed by atoms with Crippen molar-refractivity contribution in [1.82, 2.24) is 0 Å². The Morgan fingerprint density at radius 3 is 2.18 bits per heavy atom. The second-order valence-electron chi connectivity index (χ2n) is 8.92. The van der Waals surface area contributed by atoms with Crippen LogP contribution in [-0.4, -0.2) is 11.6 Å². The molecule has 1 aliphatic carbocycles. The van der Waals surface area contributed by atoms with Gasteiger partial charge in [0, 0.05) is 27.2 Å². The fourth-order valence-electron chi connectivity index (χ4n) is 5.03. The molecular weight excluding hydrogens is 424 g/mol. The lowest BCUT2D eigenvalue weighted by atomic mass is 9.75. The summed E-state index contributed by atoms with van der Waals surface area (Å²) in [4.78, 5) is 14.2. The molecule has 0 radical (unpaired) electrons. The highest BCUT2D eigenvalue weighted by Gasteiger charge is 2.39. The van der Waals surface area contributed by atoms with E-state index in [1.165, 1.54) is 25.1 Å². The molecule has 5 rings (SSSR count). The molecule has 1 aliphatic rings. The normalized spacial score (nSPS) is 18.1. The first-order valence-electron chi connectivity index (χ1n) is 11.4. The van der Waals surface area contributed by atoms with Crippen LogP contribution >= 0.6 is 10.5 Å². The van der Waals surface area contributed by atoms with Gasteiger partial charge in [-0.3, -0.25) is 0 Å². The van der Waals surface area contributed by atoms with Crippen molar-refractivity contribution in [3.63, 3.8) is 0 Å². The highest BCUT2D eigenvalue weighted by atomic mass is 32.2. The minimum absolute atomic E-state index is 0.00690. The minimum Gasteiger partial charge on any atom is -0.442 e. The molecule has 0 amide bonds. The molecule has 164 valence electrons. The fourth-order valence-corrected chi connectivity index (χ4v) is 7.41. The van der Waals surface area contributed by atoms with Crippen LogP contribution in [0.5, 0.6) is 0 Å². The third kappa shape index (κ3) is 3.75. The summed E-state index contributed by atoms with van der Waals surface area (Å²) < 4.78 is 8.58. The molecule has 2 nitrogen and oxygen atoms in total. The van der Waals surface area contributed by atoms with Gasteiger partial charge >= 0.3 is 5.97 Å². The maximum absolute atomic E-state index is 13.1. The molecule has 2 atom stereocenters. The number of fused-ring (bicyclic) bond motifs is 3. The molecule has 0 aliphatic heterocycles. The summed E-state index contributed by atoms with van der Waals surface area (Å²) in [7, 11) is -0.187. The molecule has 1 fully saturated rings. The quantitative estimate of drug-likeness (QED) is 0.136. The number of thiophene rings is 1. The van der Waals surface area contributed by atoms with Gasteiger partial charge in [-0.1, -0.05) is 48.8 Å². The van der Waals surface area contributed by atoms with Crippen molar-refractivity contribution in [2.45, 2.75) is 38.2 Å². The summed E-state index contributed by atoms with van der Waals surface area (Å²) in [6.07, 6.45) is 9.92. The Kier molecular flexibility index (Phi) is 5.56. The van der Waals surface area contributed by atoms with Gasteiger partial charge in [-0.05, 0) is 74.7 Å². The lowest BCUT2D eigenvalue weighted by Gasteiger charge is -2.36. The van der Waals surface area contributed by atoms with Crippen molar-refractivity contribution < 1.29 is 9.53 Å². The summed E-state index contributed by atoms with van der Waals surface area (Å²) in [6, 6.07) is 25.0. The molecule has 0 saturated heterocycles. The molecule has 0 spiro atoms. The number of terminal acetylenes is 1. The van der Waals surface area contributed by atoms with E-state index in [0.29, 0.717) is 5.56 Å². The van der Waals surface area contributed by atoms with Crippen LogP contribution in [0, 0.1) is 18.3 Å². The molecule has 1 aromatic heterocycles. The number of carbonyl (C=O) groups is 1. The van der Waals surface area contributed by atoms with Gasteiger partial charge in [-0.25, -0.2) is 4.79 Å². The topological polar surface area (TPSA) is 26.3 Å². The first kappa shape index (κ1) is 21.5. The Morgan fingerprint density at radius 1 is 1.00 bits per heavy atom. The largest absolute Gasteiger partial charge is 0.442 e. The number of hydrogen-bond acceptors (Lipinski definition) is 2. The van der Waals surface area contributed by atoms with E-state index in [2.05, 4.69) is 61.0 Å². The molecule has 1 heterocycles. The lowest BCUT2D eigenvalue weighted by Crippen LogP contribution is -2.40. The van der Waals surface area contributed by atoms with E-state index in [1.54, 1.807) is 0 Å². The maximum atomic E-state index is 13.1. The smallest absolute Gasteiger partial charge is 0.339 e. The van der Waals surface area contributed by atoms with Crippen LogP contribution in [0.2, 0.25) is 0 Å². The van der Waals surface area contributed by atoms with Crippen LogP contribution in [0.1, 0.15) is 43.0 Å². The monoisotopic (exact) mass is 451 g/mol. The van der Waals surface area contributed by atoms with Gasteiger partial charge in [-0.15, -0.1) is 6.42 Å². The average molecular weight is 452 g/mol. The zero-order chi connectivity index (χ0) is 23.0. The van der Waals surface area contributed by atoms with E-state index in [4.69, 9.17) is 11.2 Å². The van der Waals surface area contributed by atoms with Crippen molar-refractivity contribution in [1.29, 1.82) is 0 Å². The Balaban J connectivity index is 1.46. The van der Waals surface area contributed by atoms with E-state index in [0.717, 1.165) is 31.3 Å². The molecule has 33 heavy (non-hydrogen) atoms. The molecule has 2 unspecified atom stereocenters. The van der Waals surface area contributed by atoms with Crippen molar-refractivity contribution >= 4 is 36.6 Å². The van der Waals surface area contributed by atoms with Gasteiger partial charge in [0.25, 0.3) is 0 Å². The Morgan fingerprint density at radius 2 is 1.61 bits per heavy atom. The Bertz CT molecular complexity index is 1350. The first-order chi connectivity index (χ1) is 16.0. The number of hydrogen-bond donors (Lipinski definition) is 0. The van der Waals surface area contributed by atoms with Crippen LogP contribution in [0.4, 0.5) is 0 Å². The zero-order valence-corrected chi connectivity index (χ0v) is 19.7. The van der Waals surface area contributed by atoms with Crippen LogP contribution in [0.25, 0.3) is 25.1 Å². The second kappa shape index (κ2) is 8.54. The predicted octanol–water partition coefficient (Wildman–Crippen LogP) is 8.03. The van der Waals surface area contributed by atoms with Gasteiger partial charge in [0.2, 0.25) is 0 Å². The number of esters is 1. The van der Waals surface area contributed by atoms with Crippen LogP contribution in [-0.2, 0) is 4.74 Å². The molecule has 3 aromatic carbocycles. The van der Waals surface area contributed by atoms with Crippen LogP contribution in [0.3, 0.4) is 0 Å². The molecular formula is C30H27O2S+. The van der Waals surface area contributed by atoms with Gasteiger partial charge in [0.05, 0.1) is 5.56 Å². The third-order valence-corrected chi connectivity index (χ3v) is 9.15. The van der Waals surface area contributed by atoms with Gasteiger partial charge in [0.1, 0.15) is 0 Å². The fraction of sp³-hybridized carbons (Fsp3) is 0.233. The Labute approximate surface area is 197 Å². The highest BCUT2D eigenvalue weighted by Crippen LogP contribution is 2.48. The second-order valence-corrected chi connectivity index (χ2v) is 10.9. The molecule has 0 bridgehead atoms. The van der Waals surface area contributed by atoms with E-state index in [-0.39, 0.29) is 22.4 Å². The number of rotatable bonds is 4. The van der Waals surface area contributed by atoms with E-state index < -0.39 is 5.60 Å². The standard InChI is InChI=1S/C30H27O2S/c1-4-30(3,26-14-8-5-11-21(26)2)32-29(31)22-17-19-23(20-18-22)33-27-15-9-6-12-24(27)25-13-7-10-16-28(25)33/h1,6-7,9-10,12-13,15-20,26H,2,5,8,11,14H2,3H3/q+1. The number of ether oxygens (including phenoxy) is 1. The Hall–Kier alpha value is -3.35. The van der Waals surface area contributed by atoms with E-state index in [9.17, 15) is 4.79 Å². The summed E-state index contributed by atoms with van der Waals surface area (Å²) in [5.41, 5.74) is 0.633. The average Bonchev–Trinajstić information content (AvgIpc) is 3.19. The minimum atomic E-state index is -0.974. The summed E-state index contributed by atoms with van der Waals surface area (Å²) in [5, 5.41) is 2.58. The van der Waals surface area contributed by atoms with Crippen LogP contribution < -0.4 is 0 Å². The SMILES string of the molecule is C#CC(C)(OC(=O)c1ccc(-[s+]2c3ccccc3c3ccccc32)cc1)C1CCCCC1=C. The number of carbonyl (C=O) groups excluding carboxylic acids is 1. The van der Waals surface area contributed by atoms with Crippen LogP contribution in [0.15, 0.2) is 84.9 Å². The van der Waals surface area contributed by atoms with Crippen molar-refractivity contribution in [3.05, 3.63) is 90.5 Å². The molecule has 0 N–H and O–H groups in total. The van der Waals surface area contributed by atoms with Crippen molar-refractivity contribution in [2.75, 3.05) is 0 Å². The number of benzene rings is 3. The maximum Gasteiger partial charge on any atom is 0.339 e. The van der Waals surface area contributed by atoms with Gasteiger partial charge < -0.3 is 4.74 Å². The summed E-state index contributed by atoms with van der Waals surface area (Å²) >= 11 is 0. The van der Waals surface area contributed by atoms with E-state index in [1.807, 2.05) is 31.2 Å².